The van der Waals surface area contributed by atoms with Gasteiger partial charge in [0.2, 0.25) is 5.75 Å². The smallest absolute Gasteiger partial charge is 0.377 e. The molecule has 8 heteroatoms. The second kappa shape index (κ2) is 9.33. The minimum absolute atomic E-state index is 0.0866. The normalized spacial score (nSPS) is 10.0. The van der Waals surface area contributed by atoms with Gasteiger partial charge in [-0.1, -0.05) is 0 Å². The van der Waals surface area contributed by atoms with Gasteiger partial charge < -0.3 is 28.8 Å². The lowest BCUT2D eigenvalue weighted by atomic mass is 10.1. The Bertz CT molecular complexity index is 773. The van der Waals surface area contributed by atoms with Crippen LogP contribution in [-0.2, 0) is 4.79 Å². The molecule has 0 spiro atoms. The summed E-state index contributed by atoms with van der Waals surface area (Å²) in [5.41, 5.74) is 0.0866. The molecular formula is C19H20O8. The van der Waals surface area contributed by atoms with E-state index in [1.54, 1.807) is 12.1 Å². The summed E-state index contributed by atoms with van der Waals surface area (Å²) in [5, 5.41) is 8.67. The summed E-state index contributed by atoms with van der Waals surface area (Å²) in [7, 11) is 4.55. The molecule has 2 rings (SSSR count). The minimum atomic E-state index is -1.50. The molecule has 2 aromatic rings. The number of carboxylic acids is 1. The molecule has 0 fully saturated rings. The first-order chi connectivity index (χ1) is 13.0. The van der Waals surface area contributed by atoms with Gasteiger partial charge in [0.05, 0.1) is 21.3 Å². The maximum atomic E-state index is 11.3. The third-order valence-corrected chi connectivity index (χ3v) is 3.57. The molecule has 0 atom stereocenters. The number of rotatable bonds is 10. The zero-order chi connectivity index (χ0) is 19.8. The zero-order valence-corrected chi connectivity index (χ0v) is 15.2. The standard InChI is InChI=1S/C19H20O8/c1-23-15-10-14(11-16(24-2)18(15)25-3)27-9-8-26-13-6-4-12(5-7-13)17(20)19(21)22/h4-7,10-11H,8-9H2,1-3H3,(H,21,22). The van der Waals surface area contributed by atoms with Gasteiger partial charge in [-0.15, -0.1) is 0 Å². The zero-order valence-electron chi connectivity index (χ0n) is 15.2. The van der Waals surface area contributed by atoms with Gasteiger partial charge in [0.15, 0.2) is 11.5 Å². The lowest BCUT2D eigenvalue weighted by Crippen LogP contribution is -2.12. The van der Waals surface area contributed by atoms with Gasteiger partial charge in [0, 0.05) is 17.7 Å². The van der Waals surface area contributed by atoms with E-state index in [1.165, 1.54) is 45.6 Å². The van der Waals surface area contributed by atoms with Crippen LogP contribution in [0.25, 0.3) is 0 Å². The van der Waals surface area contributed by atoms with Gasteiger partial charge in [0.1, 0.15) is 24.7 Å². The van der Waals surface area contributed by atoms with Gasteiger partial charge in [-0.25, -0.2) is 4.79 Å². The number of Topliss-reactive ketones (excluding diaryl/α,β-unsaturated/α-hetero) is 1. The first kappa shape index (κ1) is 19.9. The van der Waals surface area contributed by atoms with Crippen LogP contribution in [0.4, 0.5) is 0 Å². The predicted molar refractivity (Wildman–Crippen MR) is 95.5 cm³/mol. The topological polar surface area (TPSA) is 101 Å². The highest BCUT2D eigenvalue weighted by Gasteiger charge is 2.15. The molecule has 2 aromatic carbocycles. The summed E-state index contributed by atoms with van der Waals surface area (Å²) in [6.07, 6.45) is 0. The molecule has 27 heavy (non-hydrogen) atoms. The second-order valence-electron chi connectivity index (χ2n) is 5.22. The number of carboxylic acid groups (broad SMARTS) is 1. The fraction of sp³-hybridized carbons (Fsp3) is 0.263. The minimum Gasteiger partial charge on any atom is -0.493 e. The summed E-state index contributed by atoms with van der Waals surface area (Å²) in [4.78, 5) is 22.0. The van der Waals surface area contributed by atoms with Crippen molar-refractivity contribution in [3.05, 3.63) is 42.0 Å². The quantitative estimate of drug-likeness (QED) is 0.383. The molecule has 0 heterocycles. The Morgan fingerprint density at radius 2 is 1.33 bits per heavy atom. The molecule has 1 N–H and O–H groups in total. The molecule has 0 radical (unpaired) electrons. The van der Waals surface area contributed by atoms with Gasteiger partial charge in [0.25, 0.3) is 5.78 Å². The monoisotopic (exact) mass is 376 g/mol. The van der Waals surface area contributed by atoms with Gasteiger partial charge in [-0.2, -0.15) is 0 Å². The Balaban J connectivity index is 1.91. The van der Waals surface area contributed by atoms with E-state index in [-0.39, 0.29) is 18.8 Å². The molecular weight excluding hydrogens is 356 g/mol. The molecule has 0 aliphatic heterocycles. The number of aliphatic carboxylic acids is 1. The lowest BCUT2D eigenvalue weighted by molar-refractivity contribution is -0.131. The molecule has 0 aliphatic rings. The molecule has 0 unspecified atom stereocenters. The molecule has 0 saturated carbocycles. The third-order valence-electron chi connectivity index (χ3n) is 3.57. The summed E-state index contributed by atoms with van der Waals surface area (Å²) in [6, 6.07) is 9.18. The Hall–Kier alpha value is -3.42. The van der Waals surface area contributed by atoms with Gasteiger partial charge in [-0.05, 0) is 24.3 Å². The fourth-order valence-corrected chi connectivity index (χ4v) is 2.29. The van der Waals surface area contributed by atoms with Crippen molar-refractivity contribution in [1.29, 1.82) is 0 Å². The number of carbonyl (C=O) groups excluding carboxylic acids is 1. The predicted octanol–water partition coefficient (Wildman–Crippen LogP) is 2.44. The van der Waals surface area contributed by atoms with E-state index >= 15 is 0 Å². The van der Waals surface area contributed by atoms with Crippen molar-refractivity contribution in [2.45, 2.75) is 0 Å². The first-order valence-electron chi connectivity index (χ1n) is 7.93. The first-order valence-corrected chi connectivity index (χ1v) is 7.93. The average molecular weight is 376 g/mol. The number of methoxy groups -OCH3 is 3. The van der Waals surface area contributed by atoms with Crippen LogP contribution in [0.15, 0.2) is 36.4 Å². The lowest BCUT2D eigenvalue weighted by Gasteiger charge is -2.15. The Morgan fingerprint density at radius 3 is 1.78 bits per heavy atom. The van der Waals surface area contributed by atoms with Gasteiger partial charge in [-0.3, -0.25) is 4.79 Å². The number of benzene rings is 2. The highest BCUT2D eigenvalue weighted by molar-refractivity contribution is 6.39. The second-order valence-corrected chi connectivity index (χ2v) is 5.22. The van der Waals surface area contributed by atoms with Crippen molar-refractivity contribution >= 4 is 11.8 Å². The maximum Gasteiger partial charge on any atom is 0.377 e. The van der Waals surface area contributed by atoms with Crippen LogP contribution in [0, 0.1) is 0 Å². The molecule has 0 aromatic heterocycles. The Morgan fingerprint density at radius 1 is 0.815 bits per heavy atom. The van der Waals surface area contributed by atoms with Crippen molar-refractivity contribution in [3.63, 3.8) is 0 Å². The summed E-state index contributed by atoms with van der Waals surface area (Å²) < 4.78 is 26.9. The molecule has 0 amide bonds. The number of ether oxygens (including phenoxy) is 5. The van der Waals surface area contributed by atoms with Crippen molar-refractivity contribution < 1.29 is 38.4 Å². The van der Waals surface area contributed by atoms with Crippen molar-refractivity contribution in [1.82, 2.24) is 0 Å². The van der Waals surface area contributed by atoms with Crippen LogP contribution in [0.5, 0.6) is 28.7 Å². The van der Waals surface area contributed by atoms with Crippen molar-refractivity contribution in [3.8, 4) is 28.7 Å². The largest absolute Gasteiger partial charge is 0.493 e. The number of hydrogen-bond donors (Lipinski definition) is 1. The Kier molecular flexibility index (Phi) is 6.87. The Labute approximate surface area is 156 Å². The molecule has 8 nitrogen and oxygen atoms in total. The number of hydrogen-bond acceptors (Lipinski definition) is 7. The number of carbonyl (C=O) groups is 2. The van der Waals surface area contributed by atoms with E-state index in [0.717, 1.165) is 0 Å². The van der Waals surface area contributed by atoms with Gasteiger partial charge >= 0.3 is 5.97 Å². The van der Waals surface area contributed by atoms with E-state index in [0.29, 0.717) is 28.7 Å². The van der Waals surface area contributed by atoms with Crippen LogP contribution in [0.1, 0.15) is 10.4 Å². The van der Waals surface area contributed by atoms with E-state index in [9.17, 15) is 9.59 Å². The molecule has 0 saturated heterocycles. The highest BCUT2D eigenvalue weighted by Crippen LogP contribution is 2.40. The highest BCUT2D eigenvalue weighted by atomic mass is 16.5. The summed E-state index contributed by atoms with van der Waals surface area (Å²) in [6.45, 7) is 0.483. The maximum absolute atomic E-state index is 11.3. The summed E-state index contributed by atoms with van der Waals surface area (Å²) in [5.74, 6) is -0.0202. The van der Waals surface area contributed by atoms with E-state index < -0.39 is 11.8 Å². The van der Waals surface area contributed by atoms with Crippen LogP contribution < -0.4 is 23.7 Å². The van der Waals surface area contributed by atoms with E-state index in [4.69, 9.17) is 28.8 Å². The molecule has 144 valence electrons. The molecule has 0 bridgehead atoms. The van der Waals surface area contributed by atoms with Crippen LogP contribution in [0.2, 0.25) is 0 Å². The average Bonchev–Trinajstić information content (AvgIpc) is 2.70. The number of ketones is 1. The van der Waals surface area contributed by atoms with E-state index in [2.05, 4.69) is 0 Å². The van der Waals surface area contributed by atoms with Crippen LogP contribution in [0.3, 0.4) is 0 Å². The van der Waals surface area contributed by atoms with Crippen molar-refractivity contribution in [2.75, 3.05) is 34.5 Å². The fourth-order valence-electron chi connectivity index (χ4n) is 2.29. The SMILES string of the molecule is COc1cc(OCCOc2ccc(C(=O)C(=O)O)cc2)cc(OC)c1OC. The van der Waals surface area contributed by atoms with E-state index in [1.807, 2.05) is 0 Å². The van der Waals surface area contributed by atoms with Crippen molar-refractivity contribution in [2.24, 2.45) is 0 Å². The van der Waals surface area contributed by atoms with Crippen LogP contribution in [-0.4, -0.2) is 51.4 Å². The van der Waals surface area contributed by atoms with Crippen LogP contribution >= 0.6 is 0 Å². The summed E-state index contributed by atoms with van der Waals surface area (Å²) >= 11 is 0. The third kappa shape index (κ3) is 5.04. The molecule has 0 aliphatic carbocycles.